The van der Waals surface area contributed by atoms with E-state index in [0.29, 0.717) is 17.2 Å². The highest BCUT2D eigenvalue weighted by Crippen LogP contribution is 2.32. The summed E-state index contributed by atoms with van der Waals surface area (Å²) in [6, 6.07) is 4.09. The number of aromatic nitrogens is 1. The molecule has 4 N–H and O–H groups in total. The minimum absolute atomic E-state index is 0.418. The molecule has 0 aliphatic heterocycles. The van der Waals surface area contributed by atoms with Gasteiger partial charge in [-0.2, -0.15) is 0 Å². The van der Waals surface area contributed by atoms with E-state index < -0.39 is 18.6 Å². The van der Waals surface area contributed by atoms with Crippen molar-refractivity contribution in [2.75, 3.05) is 19.0 Å². The van der Waals surface area contributed by atoms with E-state index in [1.54, 1.807) is 24.4 Å². The van der Waals surface area contributed by atoms with Crippen LogP contribution in [0.2, 0.25) is 0 Å². The molecule has 0 bridgehead atoms. The van der Waals surface area contributed by atoms with Gasteiger partial charge in [0.25, 0.3) is 0 Å². The Morgan fingerprint density at radius 2 is 2.40 bits per heavy atom. The molecule has 1 amide bonds. The summed E-state index contributed by atoms with van der Waals surface area (Å²) in [5.74, 6) is 0.617. The standard InChI is InChI=1S/C13H15N3O4/c1-19-11-4-8(16-13(18)10(14)6-17)2-3-9(11)12-5-15-7-20-12/h2-5,7,10,17H,6,14H2,1H3,(H,16,18). The Kier molecular flexibility index (Phi) is 4.34. The zero-order valence-corrected chi connectivity index (χ0v) is 10.9. The maximum absolute atomic E-state index is 11.6. The molecule has 106 valence electrons. The second-order valence-corrected chi connectivity index (χ2v) is 4.06. The number of oxazole rings is 1. The predicted octanol–water partition coefficient (Wildman–Crippen LogP) is 0.608. The van der Waals surface area contributed by atoms with Crippen molar-refractivity contribution in [3.8, 4) is 17.1 Å². The van der Waals surface area contributed by atoms with Gasteiger partial charge >= 0.3 is 0 Å². The topological polar surface area (TPSA) is 111 Å². The van der Waals surface area contributed by atoms with Crippen LogP contribution < -0.4 is 15.8 Å². The SMILES string of the molecule is COc1cc(NC(=O)C(N)CO)ccc1-c1cnco1. The van der Waals surface area contributed by atoms with Gasteiger partial charge in [0.2, 0.25) is 5.91 Å². The Hall–Kier alpha value is -2.38. The first kappa shape index (κ1) is 14.0. The van der Waals surface area contributed by atoms with E-state index in [0.717, 1.165) is 5.56 Å². The Morgan fingerprint density at radius 3 is 3.00 bits per heavy atom. The number of nitrogens with two attached hydrogens (primary N) is 1. The van der Waals surface area contributed by atoms with Gasteiger partial charge in [-0.3, -0.25) is 4.79 Å². The smallest absolute Gasteiger partial charge is 0.243 e. The summed E-state index contributed by atoms with van der Waals surface area (Å²) in [5.41, 5.74) is 6.66. The summed E-state index contributed by atoms with van der Waals surface area (Å²) in [5, 5.41) is 11.4. The maximum atomic E-state index is 11.6. The quantitative estimate of drug-likeness (QED) is 0.738. The van der Waals surface area contributed by atoms with E-state index >= 15 is 0 Å². The molecule has 0 aliphatic carbocycles. The van der Waals surface area contributed by atoms with E-state index in [1.807, 2.05) is 0 Å². The van der Waals surface area contributed by atoms with Crippen LogP contribution in [-0.4, -0.2) is 35.8 Å². The van der Waals surface area contributed by atoms with E-state index in [-0.39, 0.29) is 0 Å². The monoisotopic (exact) mass is 277 g/mol. The van der Waals surface area contributed by atoms with Crippen LogP contribution in [0.1, 0.15) is 0 Å². The number of hydrogen-bond donors (Lipinski definition) is 3. The van der Waals surface area contributed by atoms with E-state index in [2.05, 4.69) is 10.3 Å². The Labute approximate surface area is 115 Å². The summed E-state index contributed by atoms with van der Waals surface area (Å²) < 4.78 is 10.5. The van der Waals surface area contributed by atoms with Gasteiger partial charge in [-0.15, -0.1) is 0 Å². The first-order valence-electron chi connectivity index (χ1n) is 5.90. The molecule has 2 aromatic rings. The van der Waals surface area contributed by atoms with Gasteiger partial charge in [-0.25, -0.2) is 4.98 Å². The van der Waals surface area contributed by atoms with Gasteiger partial charge in [0, 0.05) is 11.8 Å². The number of anilines is 1. The fraction of sp³-hybridized carbons (Fsp3) is 0.231. The molecule has 1 heterocycles. The fourth-order valence-corrected chi connectivity index (χ4v) is 1.64. The molecule has 1 aromatic carbocycles. The van der Waals surface area contributed by atoms with Crippen LogP contribution in [-0.2, 0) is 4.79 Å². The van der Waals surface area contributed by atoms with Crippen LogP contribution in [0.5, 0.6) is 5.75 Å². The van der Waals surface area contributed by atoms with Gasteiger partial charge in [-0.05, 0) is 12.1 Å². The van der Waals surface area contributed by atoms with Crippen molar-refractivity contribution in [2.24, 2.45) is 5.73 Å². The fourth-order valence-electron chi connectivity index (χ4n) is 1.64. The zero-order valence-electron chi connectivity index (χ0n) is 10.9. The number of carbonyl (C=O) groups is 1. The molecule has 0 fully saturated rings. The average molecular weight is 277 g/mol. The molecule has 20 heavy (non-hydrogen) atoms. The van der Waals surface area contributed by atoms with Gasteiger partial charge in [0.1, 0.15) is 11.8 Å². The third kappa shape index (κ3) is 2.95. The molecular formula is C13H15N3O4. The number of hydrogen-bond acceptors (Lipinski definition) is 6. The van der Waals surface area contributed by atoms with Crippen molar-refractivity contribution in [1.29, 1.82) is 0 Å². The Balaban J connectivity index is 2.24. The molecule has 0 aliphatic rings. The molecule has 2 rings (SSSR count). The van der Waals surface area contributed by atoms with Crippen molar-refractivity contribution >= 4 is 11.6 Å². The molecule has 0 radical (unpaired) electrons. The summed E-state index contributed by atoms with van der Waals surface area (Å²) in [7, 11) is 1.51. The van der Waals surface area contributed by atoms with Crippen molar-refractivity contribution in [3.63, 3.8) is 0 Å². The molecule has 0 spiro atoms. The van der Waals surface area contributed by atoms with Crippen LogP contribution >= 0.6 is 0 Å². The molecule has 0 saturated heterocycles. The third-order valence-electron chi connectivity index (χ3n) is 2.70. The van der Waals surface area contributed by atoms with Crippen LogP contribution in [0.4, 0.5) is 5.69 Å². The number of nitrogens with zero attached hydrogens (tertiary/aromatic N) is 1. The predicted molar refractivity (Wildman–Crippen MR) is 72.2 cm³/mol. The molecule has 7 nitrogen and oxygen atoms in total. The van der Waals surface area contributed by atoms with Crippen LogP contribution in [0, 0.1) is 0 Å². The van der Waals surface area contributed by atoms with Crippen LogP contribution in [0.3, 0.4) is 0 Å². The van der Waals surface area contributed by atoms with Crippen molar-refractivity contribution < 1.29 is 19.1 Å². The number of nitrogens with one attached hydrogen (secondary N) is 1. The molecule has 0 saturated carbocycles. The zero-order chi connectivity index (χ0) is 14.5. The molecule has 1 atom stereocenters. The molecule has 1 unspecified atom stereocenters. The second kappa shape index (κ2) is 6.18. The third-order valence-corrected chi connectivity index (χ3v) is 2.70. The number of amides is 1. The number of rotatable bonds is 5. The van der Waals surface area contributed by atoms with Gasteiger partial charge in [-0.1, -0.05) is 0 Å². The molecule has 7 heteroatoms. The highest BCUT2D eigenvalue weighted by molar-refractivity contribution is 5.95. The van der Waals surface area contributed by atoms with Crippen molar-refractivity contribution in [3.05, 3.63) is 30.8 Å². The number of aliphatic hydroxyl groups excluding tert-OH is 1. The lowest BCUT2D eigenvalue weighted by Gasteiger charge is -2.12. The van der Waals surface area contributed by atoms with E-state index in [9.17, 15) is 4.79 Å². The van der Waals surface area contributed by atoms with Gasteiger partial charge in [0.05, 0.1) is 25.5 Å². The highest BCUT2D eigenvalue weighted by Gasteiger charge is 2.14. The first-order chi connectivity index (χ1) is 9.65. The van der Waals surface area contributed by atoms with Crippen molar-refractivity contribution in [1.82, 2.24) is 4.98 Å². The lowest BCUT2D eigenvalue weighted by atomic mass is 10.1. The Morgan fingerprint density at radius 1 is 1.60 bits per heavy atom. The van der Waals surface area contributed by atoms with E-state index in [4.69, 9.17) is 20.0 Å². The number of ether oxygens (including phenoxy) is 1. The van der Waals surface area contributed by atoms with Crippen molar-refractivity contribution in [2.45, 2.75) is 6.04 Å². The number of benzene rings is 1. The summed E-state index contributed by atoms with van der Waals surface area (Å²) in [6.45, 7) is -0.418. The number of aliphatic hydroxyl groups is 1. The van der Waals surface area contributed by atoms with Crippen LogP contribution in [0.15, 0.2) is 35.2 Å². The second-order valence-electron chi connectivity index (χ2n) is 4.06. The average Bonchev–Trinajstić information content (AvgIpc) is 3.00. The summed E-state index contributed by atoms with van der Waals surface area (Å²) in [4.78, 5) is 15.4. The lowest BCUT2D eigenvalue weighted by Crippen LogP contribution is -2.38. The highest BCUT2D eigenvalue weighted by atomic mass is 16.5. The van der Waals surface area contributed by atoms with Gasteiger partial charge < -0.3 is 25.3 Å². The minimum atomic E-state index is -0.963. The summed E-state index contributed by atoms with van der Waals surface area (Å²) in [6.07, 6.45) is 2.89. The number of carbonyl (C=O) groups excluding carboxylic acids is 1. The molecular weight excluding hydrogens is 262 g/mol. The van der Waals surface area contributed by atoms with Gasteiger partial charge in [0.15, 0.2) is 12.2 Å². The normalized spacial score (nSPS) is 11.9. The maximum Gasteiger partial charge on any atom is 0.243 e. The Bertz CT molecular complexity index is 583. The molecule has 1 aromatic heterocycles. The van der Waals surface area contributed by atoms with Crippen LogP contribution in [0.25, 0.3) is 11.3 Å². The minimum Gasteiger partial charge on any atom is -0.496 e. The number of methoxy groups -OCH3 is 1. The van der Waals surface area contributed by atoms with E-state index in [1.165, 1.54) is 13.5 Å². The first-order valence-corrected chi connectivity index (χ1v) is 5.90. The summed E-state index contributed by atoms with van der Waals surface area (Å²) >= 11 is 0. The largest absolute Gasteiger partial charge is 0.496 e. The lowest BCUT2D eigenvalue weighted by molar-refractivity contribution is -0.118.